The normalized spacial score (nSPS) is 34.2. The molecule has 1 nitrogen and oxygen atoms in total. The van der Waals surface area contributed by atoms with E-state index in [1.165, 1.54) is 6.92 Å². The lowest BCUT2D eigenvalue weighted by atomic mass is 9.78. The van der Waals surface area contributed by atoms with Crippen LogP contribution in [-0.4, -0.2) is 17.6 Å². The van der Waals surface area contributed by atoms with E-state index < -0.39 is 24.7 Å². The molecule has 1 saturated carbocycles. The van der Waals surface area contributed by atoms with E-state index in [1.807, 2.05) is 0 Å². The van der Waals surface area contributed by atoms with Crippen LogP contribution in [0.25, 0.3) is 0 Å². The van der Waals surface area contributed by atoms with Crippen molar-refractivity contribution >= 4 is 5.78 Å². The van der Waals surface area contributed by atoms with Crippen LogP contribution in [0.3, 0.4) is 0 Å². The average molecular weight is 212 g/mol. The van der Waals surface area contributed by atoms with E-state index in [1.54, 1.807) is 0 Å². The van der Waals surface area contributed by atoms with Gasteiger partial charge in [0.25, 0.3) is 0 Å². The van der Waals surface area contributed by atoms with Gasteiger partial charge in [0.05, 0.1) is 0 Å². The third-order valence-electron chi connectivity index (χ3n) is 2.86. The number of halogens is 4. The molecule has 0 atom stereocenters. The van der Waals surface area contributed by atoms with Crippen molar-refractivity contribution in [1.82, 2.24) is 0 Å². The van der Waals surface area contributed by atoms with Gasteiger partial charge in [-0.2, -0.15) is 13.2 Å². The molecule has 0 spiro atoms. The van der Waals surface area contributed by atoms with Gasteiger partial charge < -0.3 is 0 Å². The first-order valence-electron chi connectivity index (χ1n) is 4.52. The largest absolute Gasteiger partial charge is 0.422 e. The third-order valence-corrected chi connectivity index (χ3v) is 2.86. The summed E-state index contributed by atoms with van der Waals surface area (Å²) in [6.07, 6.45) is -5.95. The number of carbonyl (C=O) groups is 1. The van der Waals surface area contributed by atoms with Gasteiger partial charge in [0.2, 0.25) is 5.67 Å². The zero-order valence-electron chi connectivity index (χ0n) is 7.83. The number of alkyl halides is 4. The van der Waals surface area contributed by atoms with Gasteiger partial charge in [0.1, 0.15) is 5.78 Å². The van der Waals surface area contributed by atoms with Crippen LogP contribution >= 0.6 is 0 Å². The standard InChI is InChI=1S/C9H12F4O/c1-6(14)7-2-4-8(10,5-3-7)9(11,12)13/h7H,2-5H2,1H3. The number of hydrogen-bond donors (Lipinski definition) is 0. The van der Waals surface area contributed by atoms with Gasteiger partial charge in [-0.3, -0.25) is 4.79 Å². The fourth-order valence-electron chi connectivity index (χ4n) is 1.77. The molecular weight excluding hydrogens is 200 g/mol. The minimum atomic E-state index is -4.80. The van der Waals surface area contributed by atoms with Gasteiger partial charge in [-0.05, 0) is 32.6 Å². The third kappa shape index (κ3) is 2.07. The SMILES string of the molecule is CC(=O)C1CCC(F)(C(F)(F)F)CC1. The summed E-state index contributed by atoms with van der Waals surface area (Å²) in [5.74, 6) is -0.532. The summed E-state index contributed by atoms with van der Waals surface area (Å²) in [5, 5.41) is 0. The predicted octanol–water partition coefficient (Wildman–Crippen LogP) is 3.04. The minimum Gasteiger partial charge on any atom is -0.300 e. The molecule has 1 fully saturated rings. The summed E-state index contributed by atoms with van der Waals surface area (Å²) in [4.78, 5) is 10.9. The first-order chi connectivity index (χ1) is 6.26. The van der Waals surface area contributed by atoms with Crippen molar-refractivity contribution in [3.8, 4) is 0 Å². The van der Waals surface area contributed by atoms with E-state index >= 15 is 0 Å². The van der Waals surface area contributed by atoms with Crippen LogP contribution in [0.5, 0.6) is 0 Å². The van der Waals surface area contributed by atoms with E-state index in [0.717, 1.165) is 0 Å². The minimum absolute atomic E-state index is 0.00530. The molecule has 0 amide bonds. The van der Waals surface area contributed by atoms with Crippen LogP contribution < -0.4 is 0 Å². The van der Waals surface area contributed by atoms with Crippen LogP contribution in [0.4, 0.5) is 17.6 Å². The Morgan fingerprint density at radius 1 is 1.29 bits per heavy atom. The maximum absolute atomic E-state index is 13.3. The topological polar surface area (TPSA) is 17.1 Å². The summed E-state index contributed by atoms with van der Waals surface area (Å²) in [7, 11) is 0. The van der Waals surface area contributed by atoms with E-state index in [9.17, 15) is 22.4 Å². The molecule has 0 aliphatic heterocycles. The molecule has 1 rings (SSSR count). The number of carbonyl (C=O) groups excluding carboxylic acids is 1. The number of rotatable bonds is 1. The molecule has 0 radical (unpaired) electrons. The van der Waals surface area contributed by atoms with E-state index in [2.05, 4.69) is 0 Å². The molecule has 0 aromatic carbocycles. The molecule has 1 aliphatic rings. The quantitative estimate of drug-likeness (QED) is 0.610. The summed E-state index contributed by atoms with van der Waals surface area (Å²) >= 11 is 0. The van der Waals surface area contributed by atoms with Gasteiger partial charge in [-0.15, -0.1) is 0 Å². The van der Waals surface area contributed by atoms with Crippen molar-refractivity contribution < 1.29 is 22.4 Å². The number of hydrogen-bond acceptors (Lipinski definition) is 1. The van der Waals surface area contributed by atoms with Crippen LogP contribution in [0.2, 0.25) is 0 Å². The number of Topliss-reactive ketones (excluding diaryl/α,β-unsaturated/α-hetero) is 1. The van der Waals surface area contributed by atoms with Crippen LogP contribution in [0, 0.1) is 5.92 Å². The Bertz CT molecular complexity index is 225. The van der Waals surface area contributed by atoms with Crippen LogP contribution in [0.1, 0.15) is 32.6 Å². The first-order valence-corrected chi connectivity index (χ1v) is 4.52. The molecule has 14 heavy (non-hydrogen) atoms. The lowest BCUT2D eigenvalue weighted by Crippen LogP contribution is -2.44. The summed E-state index contributed by atoms with van der Waals surface area (Å²) < 4.78 is 49.9. The van der Waals surface area contributed by atoms with Gasteiger partial charge in [0.15, 0.2) is 0 Å². The zero-order chi connectivity index (χ0) is 11.0. The highest BCUT2D eigenvalue weighted by molar-refractivity contribution is 5.78. The Morgan fingerprint density at radius 2 is 1.71 bits per heavy atom. The Morgan fingerprint density at radius 3 is 2.00 bits per heavy atom. The van der Waals surface area contributed by atoms with Crippen molar-refractivity contribution in [2.24, 2.45) is 5.92 Å². The Balaban J connectivity index is 2.62. The Kier molecular flexibility index (Phi) is 2.88. The second kappa shape index (κ2) is 3.51. The molecule has 0 unspecified atom stereocenters. The highest BCUT2D eigenvalue weighted by Gasteiger charge is 2.56. The van der Waals surface area contributed by atoms with Crippen LogP contribution in [-0.2, 0) is 4.79 Å². The lowest BCUT2D eigenvalue weighted by molar-refractivity contribution is -0.241. The van der Waals surface area contributed by atoms with Crippen molar-refractivity contribution in [3.63, 3.8) is 0 Å². The molecule has 0 aromatic rings. The second-order valence-corrected chi connectivity index (χ2v) is 3.85. The van der Waals surface area contributed by atoms with Crippen molar-refractivity contribution in [2.45, 2.75) is 44.5 Å². The maximum Gasteiger partial charge on any atom is 0.422 e. The van der Waals surface area contributed by atoms with E-state index in [-0.39, 0.29) is 24.5 Å². The molecule has 0 saturated heterocycles. The smallest absolute Gasteiger partial charge is 0.300 e. The first kappa shape index (κ1) is 11.5. The molecular formula is C9H12F4O. The highest BCUT2D eigenvalue weighted by atomic mass is 19.4. The monoisotopic (exact) mass is 212 g/mol. The Labute approximate surface area is 79.5 Å². The molecule has 82 valence electrons. The predicted molar refractivity (Wildman–Crippen MR) is 42.5 cm³/mol. The second-order valence-electron chi connectivity index (χ2n) is 3.85. The zero-order valence-corrected chi connectivity index (χ0v) is 7.83. The lowest BCUT2D eigenvalue weighted by Gasteiger charge is -2.34. The number of ketones is 1. The van der Waals surface area contributed by atoms with Crippen molar-refractivity contribution in [2.75, 3.05) is 0 Å². The molecule has 0 N–H and O–H groups in total. The fraction of sp³-hybridized carbons (Fsp3) is 0.889. The van der Waals surface area contributed by atoms with Gasteiger partial charge >= 0.3 is 6.18 Å². The summed E-state index contributed by atoms with van der Waals surface area (Å²) in [5.41, 5.74) is -3.07. The molecule has 0 bridgehead atoms. The molecule has 0 heterocycles. The highest BCUT2D eigenvalue weighted by Crippen LogP contribution is 2.46. The van der Waals surface area contributed by atoms with E-state index in [4.69, 9.17) is 0 Å². The molecule has 5 heteroatoms. The van der Waals surface area contributed by atoms with Crippen LogP contribution in [0.15, 0.2) is 0 Å². The van der Waals surface area contributed by atoms with Crippen molar-refractivity contribution in [1.29, 1.82) is 0 Å². The van der Waals surface area contributed by atoms with Gasteiger partial charge in [-0.1, -0.05) is 0 Å². The summed E-state index contributed by atoms with van der Waals surface area (Å²) in [6.45, 7) is 1.34. The molecule has 0 aromatic heterocycles. The van der Waals surface area contributed by atoms with Crippen molar-refractivity contribution in [3.05, 3.63) is 0 Å². The van der Waals surface area contributed by atoms with E-state index in [0.29, 0.717) is 0 Å². The van der Waals surface area contributed by atoms with Gasteiger partial charge in [-0.25, -0.2) is 4.39 Å². The average Bonchev–Trinajstić information content (AvgIpc) is 2.03. The molecule has 1 aliphatic carbocycles. The maximum atomic E-state index is 13.3. The Hall–Kier alpha value is -0.610. The summed E-state index contributed by atoms with van der Waals surface area (Å²) in [6, 6.07) is 0. The fourth-order valence-corrected chi connectivity index (χ4v) is 1.77. The van der Waals surface area contributed by atoms with Gasteiger partial charge in [0, 0.05) is 5.92 Å².